The third-order valence-corrected chi connectivity index (χ3v) is 4.99. The number of amides is 1. The fourth-order valence-electron chi connectivity index (χ4n) is 3.57. The molecule has 4 rings (SSSR count). The Hall–Kier alpha value is -3.13. The minimum atomic E-state index is 0.0150. The summed E-state index contributed by atoms with van der Waals surface area (Å²) >= 11 is 0. The highest BCUT2D eigenvalue weighted by atomic mass is 16.2. The smallest absolute Gasteiger partial charge is 0.255 e. The Morgan fingerprint density at radius 3 is 2.64 bits per heavy atom. The lowest BCUT2D eigenvalue weighted by atomic mass is 10.1. The quantitative estimate of drug-likeness (QED) is 0.748. The average Bonchev–Trinajstić information content (AvgIpc) is 3.05. The van der Waals surface area contributed by atoms with E-state index >= 15 is 0 Å². The number of rotatable bonds is 4. The molecule has 1 atom stereocenters. The van der Waals surface area contributed by atoms with Crippen molar-refractivity contribution in [2.75, 3.05) is 19.6 Å². The van der Waals surface area contributed by atoms with Crippen LogP contribution >= 0.6 is 0 Å². The van der Waals surface area contributed by atoms with Crippen LogP contribution in [0.2, 0.25) is 0 Å². The molecular weight excluding hydrogens is 354 g/mol. The van der Waals surface area contributed by atoms with Crippen molar-refractivity contribution >= 4 is 5.91 Å². The standard InChI is InChI=1S/C20H23N7O/c1-15-23-19(25-24-15)18-6-9-26(20(28)17-5-3-8-22-13-17)10-11-27(18)14-16-4-2-7-21-12-16/h2-5,7-8,12-13,18H,6,9-11,14H2,1H3,(H,23,24,25). The second kappa shape index (κ2) is 8.26. The van der Waals surface area contributed by atoms with E-state index in [-0.39, 0.29) is 11.9 Å². The third kappa shape index (κ3) is 4.07. The topological polar surface area (TPSA) is 90.9 Å². The minimum absolute atomic E-state index is 0.0150. The maximum absolute atomic E-state index is 12.9. The van der Waals surface area contributed by atoms with E-state index in [0.29, 0.717) is 18.7 Å². The molecule has 8 nitrogen and oxygen atoms in total. The van der Waals surface area contributed by atoms with Crippen LogP contribution in [0.25, 0.3) is 0 Å². The first kappa shape index (κ1) is 18.2. The van der Waals surface area contributed by atoms with E-state index in [9.17, 15) is 4.79 Å². The molecule has 0 radical (unpaired) electrons. The lowest BCUT2D eigenvalue weighted by Crippen LogP contribution is -2.35. The van der Waals surface area contributed by atoms with Gasteiger partial charge in [-0.25, -0.2) is 4.98 Å². The molecule has 1 aliphatic rings. The fourth-order valence-corrected chi connectivity index (χ4v) is 3.57. The monoisotopic (exact) mass is 377 g/mol. The summed E-state index contributed by atoms with van der Waals surface area (Å²) in [6, 6.07) is 7.65. The predicted molar refractivity (Wildman–Crippen MR) is 103 cm³/mol. The number of hydrogen-bond acceptors (Lipinski definition) is 6. The van der Waals surface area contributed by atoms with E-state index in [1.807, 2.05) is 30.2 Å². The molecule has 1 amide bonds. The van der Waals surface area contributed by atoms with Gasteiger partial charge >= 0.3 is 0 Å². The van der Waals surface area contributed by atoms with Crippen molar-refractivity contribution < 1.29 is 4.79 Å². The molecule has 4 heterocycles. The summed E-state index contributed by atoms with van der Waals surface area (Å²) in [7, 11) is 0. The molecule has 0 spiro atoms. The Bertz CT molecular complexity index is 913. The number of aromatic nitrogens is 5. The van der Waals surface area contributed by atoms with Gasteiger partial charge < -0.3 is 4.90 Å². The maximum atomic E-state index is 12.9. The zero-order valence-corrected chi connectivity index (χ0v) is 15.8. The number of H-pyrrole nitrogens is 1. The highest BCUT2D eigenvalue weighted by Gasteiger charge is 2.30. The van der Waals surface area contributed by atoms with Gasteiger partial charge in [0.05, 0.1) is 11.6 Å². The first-order chi connectivity index (χ1) is 13.7. The first-order valence-corrected chi connectivity index (χ1v) is 9.42. The van der Waals surface area contributed by atoms with Crippen LogP contribution in [0, 0.1) is 6.92 Å². The van der Waals surface area contributed by atoms with E-state index in [2.05, 4.69) is 36.1 Å². The molecule has 0 aromatic carbocycles. The molecule has 0 aliphatic carbocycles. The van der Waals surface area contributed by atoms with Gasteiger partial charge in [0.1, 0.15) is 5.82 Å². The van der Waals surface area contributed by atoms with Gasteiger partial charge in [0.2, 0.25) is 0 Å². The minimum Gasteiger partial charge on any atom is -0.337 e. The number of hydrogen-bond donors (Lipinski definition) is 1. The van der Waals surface area contributed by atoms with Crippen molar-refractivity contribution in [1.29, 1.82) is 0 Å². The predicted octanol–water partition coefficient (Wildman–Crippen LogP) is 1.99. The van der Waals surface area contributed by atoms with Crippen molar-refractivity contribution in [2.45, 2.75) is 25.9 Å². The molecule has 8 heteroatoms. The van der Waals surface area contributed by atoms with Crippen LogP contribution in [0.1, 0.15) is 40.0 Å². The Morgan fingerprint density at radius 2 is 1.96 bits per heavy atom. The van der Waals surface area contributed by atoms with Gasteiger partial charge in [0.25, 0.3) is 5.91 Å². The molecule has 1 saturated heterocycles. The van der Waals surface area contributed by atoms with Crippen LogP contribution in [0.15, 0.2) is 49.1 Å². The van der Waals surface area contributed by atoms with E-state index in [0.717, 1.165) is 36.7 Å². The Kier molecular flexibility index (Phi) is 5.38. The molecule has 1 N–H and O–H groups in total. The third-order valence-electron chi connectivity index (χ3n) is 4.99. The van der Waals surface area contributed by atoms with Crippen LogP contribution < -0.4 is 0 Å². The summed E-state index contributed by atoms with van der Waals surface area (Å²) in [6.45, 7) is 4.67. The van der Waals surface area contributed by atoms with Crippen molar-refractivity contribution in [3.8, 4) is 0 Å². The fraction of sp³-hybridized carbons (Fsp3) is 0.350. The maximum Gasteiger partial charge on any atom is 0.255 e. The van der Waals surface area contributed by atoms with Crippen LogP contribution in [0.3, 0.4) is 0 Å². The van der Waals surface area contributed by atoms with Crippen molar-refractivity contribution in [3.63, 3.8) is 0 Å². The number of carbonyl (C=O) groups is 1. The van der Waals surface area contributed by atoms with E-state index in [1.54, 1.807) is 24.7 Å². The second-order valence-electron chi connectivity index (χ2n) is 6.95. The molecule has 3 aromatic rings. The second-order valence-corrected chi connectivity index (χ2v) is 6.95. The van der Waals surface area contributed by atoms with Gasteiger partial charge in [-0.15, -0.1) is 0 Å². The lowest BCUT2D eigenvalue weighted by molar-refractivity contribution is 0.0760. The van der Waals surface area contributed by atoms with E-state index in [1.165, 1.54) is 0 Å². The number of nitrogens with zero attached hydrogens (tertiary/aromatic N) is 6. The summed E-state index contributed by atoms with van der Waals surface area (Å²) in [5.74, 6) is 1.59. The van der Waals surface area contributed by atoms with Crippen molar-refractivity contribution in [1.82, 2.24) is 34.9 Å². The van der Waals surface area contributed by atoms with Gasteiger partial charge in [-0.05, 0) is 37.1 Å². The Morgan fingerprint density at radius 1 is 1.14 bits per heavy atom. The van der Waals surface area contributed by atoms with Crippen LogP contribution in [-0.4, -0.2) is 60.5 Å². The molecule has 1 fully saturated rings. The molecule has 0 saturated carbocycles. The van der Waals surface area contributed by atoms with Crippen LogP contribution in [0.4, 0.5) is 0 Å². The van der Waals surface area contributed by atoms with Gasteiger partial charge in [-0.3, -0.25) is 24.8 Å². The molecule has 1 aliphatic heterocycles. The number of aromatic amines is 1. The van der Waals surface area contributed by atoms with Gasteiger partial charge in [-0.2, -0.15) is 5.10 Å². The lowest BCUT2D eigenvalue weighted by Gasteiger charge is -2.27. The highest BCUT2D eigenvalue weighted by molar-refractivity contribution is 5.93. The Balaban J connectivity index is 1.56. The summed E-state index contributed by atoms with van der Waals surface area (Å²) in [6.07, 6.45) is 7.72. The van der Waals surface area contributed by atoms with Crippen molar-refractivity contribution in [2.24, 2.45) is 0 Å². The zero-order valence-electron chi connectivity index (χ0n) is 15.8. The Labute approximate surface area is 163 Å². The molecule has 1 unspecified atom stereocenters. The molecule has 28 heavy (non-hydrogen) atoms. The number of aryl methyl sites for hydroxylation is 1. The van der Waals surface area contributed by atoms with E-state index in [4.69, 9.17) is 0 Å². The normalized spacial score (nSPS) is 18.0. The summed E-state index contributed by atoms with van der Waals surface area (Å²) < 4.78 is 0. The van der Waals surface area contributed by atoms with Crippen LogP contribution in [-0.2, 0) is 6.54 Å². The SMILES string of the molecule is Cc1nc(C2CCN(C(=O)c3cccnc3)CCN2Cc2cccnc2)n[nH]1. The largest absolute Gasteiger partial charge is 0.337 e. The molecule has 0 bridgehead atoms. The molecule has 3 aromatic heterocycles. The van der Waals surface area contributed by atoms with Gasteiger partial charge in [-0.1, -0.05) is 6.07 Å². The summed E-state index contributed by atoms with van der Waals surface area (Å²) in [5.41, 5.74) is 1.75. The average molecular weight is 377 g/mol. The first-order valence-electron chi connectivity index (χ1n) is 9.42. The van der Waals surface area contributed by atoms with Crippen LogP contribution in [0.5, 0.6) is 0 Å². The number of nitrogens with one attached hydrogen (secondary N) is 1. The highest BCUT2D eigenvalue weighted by Crippen LogP contribution is 2.26. The van der Waals surface area contributed by atoms with E-state index < -0.39 is 0 Å². The number of carbonyl (C=O) groups excluding carboxylic acids is 1. The van der Waals surface area contributed by atoms with Gasteiger partial charge in [0.15, 0.2) is 5.82 Å². The molecular formula is C20H23N7O. The number of pyridine rings is 2. The zero-order chi connectivity index (χ0) is 19.3. The summed E-state index contributed by atoms with van der Waals surface area (Å²) in [4.78, 5) is 30.0. The van der Waals surface area contributed by atoms with Gasteiger partial charge in [0, 0.05) is 51.0 Å². The summed E-state index contributed by atoms with van der Waals surface area (Å²) in [5, 5.41) is 7.34. The molecule has 144 valence electrons. The van der Waals surface area contributed by atoms with Crippen molar-refractivity contribution in [3.05, 3.63) is 71.8 Å².